The Kier molecular flexibility index (Phi) is 6.90. The van der Waals surface area contributed by atoms with E-state index in [9.17, 15) is 19.5 Å². The van der Waals surface area contributed by atoms with Crippen LogP contribution in [0.2, 0.25) is 0 Å². The second kappa shape index (κ2) is 9.47. The van der Waals surface area contributed by atoms with E-state index < -0.39 is 33.3 Å². The Morgan fingerprint density at radius 1 is 1.26 bits per heavy atom. The van der Waals surface area contributed by atoms with Gasteiger partial charge in [0.15, 0.2) is 0 Å². The molecule has 0 radical (unpaired) electrons. The number of hydrogen-bond donors (Lipinski definition) is 1. The third-order valence-electron chi connectivity index (χ3n) is 7.74. The first-order valence-electron chi connectivity index (χ1n) is 12.0. The second-order valence-electron chi connectivity index (χ2n) is 9.88. The molecule has 2 amide bonds. The number of benzene rings is 1. The van der Waals surface area contributed by atoms with Crippen molar-refractivity contribution in [2.45, 2.75) is 49.1 Å². The standard InChI is InChI=1S/C27H34N2O5S/c1-6-13-28(21-17(3)9-8-10-18(21)4)24(32)22-27-12-11-26(5,35-27)20(25(33)34-16-7-2)19(27)23(31)29(22)14-15-30/h6-10,19-20,22,30H,1-2,11-16H2,3-5H3/t19-,20-,22?,26+,27?/m0/s1. The number of β-amino-alcohol motifs (C(OH)–C–C–N with tert-alkyl or cyclic N) is 1. The first kappa shape index (κ1) is 25.5. The average Bonchev–Trinajstić information content (AvgIpc) is 3.38. The highest BCUT2D eigenvalue weighted by atomic mass is 32.2. The summed E-state index contributed by atoms with van der Waals surface area (Å²) in [6, 6.07) is 5.07. The van der Waals surface area contributed by atoms with Gasteiger partial charge in [-0.1, -0.05) is 36.9 Å². The minimum Gasteiger partial charge on any atom is -0.461 e. The van der Waals surface area contributed by atoms with Crippen molar-refractivity contribution in [2.24, 2.45) is 11.8 Å². The monoisotopic (exact) mass is 498 g/mol. The first-order valence-corrected chi connectivity index (χ1v) is 12.9. The number of anilines is 1. The molecule has 1 N–H and O–H groups in total. The van der Waals surface area contributed by atoms with Crippen LogP contribution in [-0.2, 0) is 19.1 Å². The lowest BCUT2D eigenvalue weighted by Crippen LogP contribution is -2.55. The van der Waals surface area contributed by atoms with Gasteiger partial charge in [0.05, 0.1) is 23.2 Å². The molecule has 3 aliphatic heterocycles. The summed E-state index contributed by atoms with van der Waals surface area (Å²) in [7, 11) is 0. The van der Waals surface area contributed by atoms with Crippen molar-refractivity contribution >= 4 is 35.2 Å². The van der Waals surface area contributed by atoms with Gasteiger partial charge in [0.1, 0.15) is 12.6 Å². The molecule has 1 aromatic rings. The van der Waals surface area contributed by atoms with E-state index >= 15 is 0 Å². The van der Waals surface area contributed by atoms with Crippen molar-refractivity contribution < 1.29 is 24.2 Å². The van der Waals surface area contributed by atoms with Crippen molar-refractivity contribution in [3.63, 3.8) is 0 Å². The Morgan fingerprint density at radius 3 is 2.54 bits per heavy atom. The molecule has 0 aromatic heterocycles. The minimum absolute atomic E-state index is 0.0356. The number of likely N-dealkylation sites (tertiary alicyclic amines) is 1. The van der Waals surface area contributed by atoms with Gasteiger partial charge in [0, 0.05) is 23.5 Å². The van der Waals surface area contributed by atoms with Crippen LogP contribution in [0.4, 0.5) is 5.69 Å². The highest BCUT2D eigenvalue weighted by molar-refractivity contribution is 8.02. The third kappa shape index (κ3) is 3.82. The zero-order valence-electron chi connectivity index (χ0n) is 20.7. The predicted octanol–water partition coefficient (Wildman–Crippen LogP) is 3.03. The number of esters is 1. The maximum absolute atomic E-state index is 14.4. The molecule has 1 spiro atoms. The van der Waals surface area contributed by atoms with E-state index in [4.69, 9.17) is 4.74 Å². The molecule has 0 aliphatic carbocycles. The number of fused-ring (bicyclic) bond motifs is 1. The number of nitrogens with zero attached hydrogens (tertiary/aromatic N) is 2. The van der Waals surface area contributed by atoms with Crippen LogP contribution in [0.5, 0.6) is 0 Å². The minimum atomic E-state index is -0.796. The number of thioether (sulfide) groups is 1. The van der Waals surface area contributed by atoms with Gasteiger partial charge in [-0.3, -0.25) is 14.4 Å². The maximum atomic E-state index is 14.4. The van der Waals surface area contributed by atoms with Crippen LogP contribution in [0, 0.1) is 25.7 Å². The van der Waals surface area contributed by atoms with Crippen molar-refractivity contribution in [1.82, 2.24) is 4.90 Å². The van der Waals surface area contributed by atoms with Crippen molar-refractivity contribution in [3.8, 4) is 0 Å². The van der Waals surface area contributed by atoms with Gasteiger partial charge in [-0.15, -0.1) is 18.3 Å². The molecule has 2 bridgehead atoms. The van der Waals surface area contributed by atoms with Gasteiger partial charge in [-0.2, -0.15) is 0 Å². The smallest absolute Gasteiger partial charge is 0.311 e. The number of rotatable bonds is 9. The lowest BCUT2D eigenvalue weighted by atomic mass is 9.66. The summed E-state index contributed by atoms with van der Waals surface area (Å²) in [5, 5.41) is 9.82. The molecule has 1 aromatic carbocycles. The molecular formula is C27H34N2O5S. The normalized spacial score (nSPS) is 30.8. The van der Waals surface area contributed by atoms with E-state index in [0.717, 1.165) is 16.8 Å². The number of para-hydroxylation sites is 1. The van der Waals surface area contributed by atoms with Crippen molar-refractivity contribution in [3.05, 3.63) is 54.6 Å². The summed E-state index contributed by atoms with van der Waals surface area (Å²) in [6.07, 6.45) is 4.54. The van der Waals surface area contributed by atoms with Gasteiger partial charge >= 0.3 is 5.97 Å². The Labute approximate surface area is 211 Å². The van der Waals surface area contributed by atoms with Crippen LogP contribution in [-0.4, -0.2) is 69.6 Å². The van der Waals surface area contributed by atoms with E-state index in [0.29, 0.717) is 12.8 Å². The summed E-state index contributed by atoms with van der Waals surface area (Å²) in [5.41, 5.74) is 2.71. The predicted molar refractivity (Wildman–Crippen MR) is 137 cm³/mol. The van der Waals surface area contributed by atoms with Crippen molar-refractivity contribution in [1.29, 1.82) is 0 Å². The maximum Gasteiger partial charge on any atom is 0.311 e. The van der Waals surface area contributed by atoms with Crippen molar-refractivity contribution in [2.75, 3.05) is 31.2 Å². The Balaban J connectivity index is 1.81. The van der Waals surface area contributed by atoms with Crippen LogP contribution >= 0.6 is 11.8 Å². The first-order chi connectivity index (χ1) is 16.7. The zero-order valence-corrected chi connectivity index (χ0v) is 21.5. The van der Waals surface area contributed by atoms with Gasteiger partial charge in [-0.25, -0.2) is 0 Å². The summed E-state index contributed by atoms with van der Waals surface area (Å²) in [5.74, 6) is -2.21. The second-order valence-corrected chi connectivity index (χ2v) is 11.8. The molecule has 188 valence electrons. The van der Waals surface area contributed by atoms with E-state index in [1.54, 1.807) is 22.7 Å². The number of aliphatic hydroxyl groups is 1. The molecule has 5 atom stereocenters. The van der Waals surface area contributed by atoms with Crippen LogP contribution in [0.15, 0.2) is 43.5 Å². The van der Waals surface area contributed by atoms with Gasteiger partial charge in [0.2, 0.25) is 5.91 Å². The Hall–Kier alpha value is -2.58. The van der Waals surface area contributed by atoms with E-state index in [2.05, 4.69) is 13.2 Å². The molecule has 8 heteroatoms. The molecule has 0 saturated carbocycles. The number of carbonyl (C=O) groups is 3. The molecule has 4 rings (SSSR count). The van der Waals surface area contributed by atoms with Crippen LogP contribution in [0.3, 0.4) is 0 Å². The fourth-order valence-corrected chi connectivity index (χ4v) is 8.78. The topological polar surface area (TPSA) is 87.1 Å². The fourth-order valence-electron chi connectivity index (χ4n) is 6.44. The highest BCUT2D eigenvalue weighted by Crippen LogP contribution is 2.71. The lowest BCUT2D eigenvalue weighted by molar-refractivity contribution is -0.154. The lowest BCUT2D eigenvalue weighted by Gasteiger charge is -2.37. The average molecular weight is 499 g/mol. The molecule has 7 nitrogen and oxygen atoms in total. The van der Waals surface area contributed by atoms with Gasteiger partial charge in [-0.05, 0) is 44.7 Å². The number of amides is 2. The summed E-state index contributed by atoms with van der Waals surface area (Å²) < 4.78 is 4.17. The van der Waals surface area contributed by atoms with E-state index in [-0.39, 0.29) is 38.1 Å². The molecule has 2 unspecified atom stereocenters. The van der Waals surface area contributed by atoms with Crippen LogP contribution in [0.1, 0.15) is 30.9 Å². The zero-order chi connectivity index (χ0) is 25.5. The number of aliphatic hydroxyl groups excluding tert-OH is 1. The van der Waals surface area contributed by atoms with Gasteiger partial charge in [0.25, 0.3) is 5.91 Å². The number of hydrogen-bond acceptors (Lipinski definition) is 6. The SMILES string of the molecule is C=CCOC(=O)[C@@H]1[C@H]2C(=O)N(CCO)C(C(=O)N(CC=C)c3c(C)cccc3C)C23CC[C@@]1(C)S3. The Bertz CT molecular complexity index is 1050. The number of aryl methyl sites for hydroxylation is 2. The largest absolute Gasteiger partial charge is 0.461 e. The molecule has 35 heavy (non-hydrogen) atoms. The van der Waals surface area contributed by atoms with E-state index in [1.807, 2.05) is 39.0 Å². The third-order valence-corrected chi connectivity index (χ3v) is 9.72. The Morgan fingerprint density at radius 2 is 1.94 bits per heavy atom. The summed E-state index contributed by atoms with van der Waals surface area (Å²) >= 11 is 1.59. The van der Waals surface area contributed by atoms with E-state index in [1.165, 1.54) is 11.0 Å². The van der Waals surface area contributed by atoms with Crippen LogP contribution in [0.25, 0.3) is 0 Å². The summed E-state index contributed by atoms with van der Waals surface area (Å²) in [4.78, 5) is 44.6. The summed E-state index contributed by atoms with van der Waals surface area (Å²) in [6.45, 7) is 13.5. The number of ether oxygens (including phenoxy) is 1. The van der Waals surface area contributed by atoms with Gasteiger partial charge < -0.3 is 19.6 Å². The highest BCUT2D eigenvalue weighted by Gasteiger charge is 2.77. The number of carbonyl (C=O) groups excluding carboxylic acids is 3. The fraction of sp³-hybridized carbons (Fsp3) is 0.519. The van der Waals surface area contributed by atoms with Crippen LogP contribution < -0.4 is 4.90 Å². The molecule has 3 fully saturated rings. The quantitative estimate of drug-likeness (QED) is 0.416. The molecular weight excluding hydrogens is 464 g/mol. The molecule has 3 aliphatic rings. The molecule has 3 heterocycles. The molecule has 3 saturated heterocycles.